The first-order chi connectivity index (χ1) is 14.0. The summed E-state index contributed by atoms with van der Waals surface area (Å²) in [6, 6.07) is 15.1. The van der Waals surface area contributed by atoms with E-state index in [1.165, 1.54) is 29.5 Å². The molecule has 146 valence electrons. The van der Waals surface area contributed by atoms with Gasteiger partial charge in [-0.25, -0.2) is 9.37 Å². The number of nitrogens with one attached hydrogen (secondary N) is 1. The Bertz CT molecular complexity index is 1170. The molecule has 0 unspecified atom stereocenters. The molecule has 0 saturated heterocycles. The van der Waals surface area contributed by atoms with Crippen molar-refractivity contribution in [2.75, 3.05) is 12.4 Å². The van der Waals surface area contributed by atoms with Gasteiger partial charge in [-0.3, -0.25) is 4.79 Å². The van der Waals surface area contributed by atoms with Gasteiger partial charge >= 0.3 is 0 Å². The van der Waals surface area contributed by atoms with E-state index in [4.69, 9.17) is 4.74 Å². The molecule has 6 nitrogen and oxygen atoms in total. The van der Waals surface area contributed by atoms with E-state index in [0.29, 0.717) is 16.6 Å². The highest BCUT2D eigenvalue weighted by Crippen LogP contribution is 2.27. The Balaban J connectivity index is 1.62. The van der Waals surface area contributed by atoms with Crippen LogP contribution in [0.25, 0.3) is 16.4 Å². The Morgan fingerprint density at radius 2 is 1.93 bits per heavy atom. The summed E-state index contributed by atoms with van der Waals surface area (Å²) in [6.45, 7) is 1.81. The van der Waals surface area contributed by atoms with Gasteiger partial charge in [-0.2, -0.15) is 9.78 Å². The molecule has 0 aliphatic carbocycles. The van der Waals surface area contributed by atoms with Gasteiger partial charge in [0.15, 0.2) is 0 Å². The molecule has 8 heteroatoms. The summed E-state index contributed by atoms with van der Waals surface area (Å²) in [5, 5.41) is 9.65. The largest absolute Gasteiger partial charge is 0.497 e. The smallest absolute Gasteiger partial charge is 0.259 e. The number of amides is 1. The molecule has 0 fully saturated rings. The molecule has 0 bridgehead atoms. The van der Waals surface area contributed by atoms with Crippen molar-refractivity contribution in [1.29, 1.82) is 0 Å². The van der Waals surface area contributed by atoms with Gasteiger partial charge in [-0.1, -0.05) is 12.1 Å². The number of halogens is 1. The van der Waals surface area contributed by atoms with Crippen molar-refractivity contribution in [2.24, 2.45) is 0 Å². The Morgan fingerprint density at radius 3 is 2.66 bits per heavy atom. The maximum absolute atomic E-state index is 13.9. The average molecular weight is 408 g/mol. The Hall–Kier alpha value is -3.52. The number of thiazole rings is 1. The number of aryl methyl sites for hydroxylation is 1. The van der Waals surface area contributed by atoms with Crippen LogP contribution in [-0.2, 0) is 0 Å². The van der Waals surface area contributed by atoms with Gasteiger partial charge in [0.25, 0.3) is 5.91 Å². The second kappa shape index (κ2) is 7.84. The second-order valence-electron chi connectivity index (χ2n) is 6.26. The zero-order valence-electron chi connectivity index (χ0n) is 15.7. The Kier molecular flexibility index (Phi) is 5.09. The number of methoxy groups -OCH3 is 1. The molecule has 4 rings (SSSR count). The molecule has 0 atom stereocenters. The summed E-state index contributed by atoms with van der Waals surface area (Å²) in [5.74, 6) is 0.0662. The van der Waals surface area contributed by atoms with Crippen molar-refractivity contribution in [3.8, 4) is 22.1 Å². The third-order valence-electron chi connectivity index (χ3n) is 4.25. The lowest BCUT2D eigenvalue weighted by atomic mass is 10.2. The van der Waals surface area contributed by atoms with Crippen LogP contribution in [0.3, 0.4) is 0 Å². The van der Waals surface area contributed by atoms with E-state index in [-0.39, 0.29) is 5.56 Å². The topological polar surface area (TPSA) is 69.0 Å². The summed E-state index contributed by atoms with van der Waals surface area (Å²) in [5.41, 5.74) is 2.40. The van der Waals surface area contributed by atoms with E-state index in [0.717, 1.165) is 17.0 Å². The lowest BCUT2D eigenvalue weighted by Gasteiger charge is -2.07. The Morgan fingerprint density at radius 1 is 1.17 bits per heavy atom. The van der Waals surface area contributed by atoms with Crippen molar-refractivity contribution in [1.82, 2.24) is 14.8 Å². The highest BCUT2D eigenvalue weighted by atomic mass is 32.1. The van der Waals surface area contributed by atoms with Crippen molar-refractivity contribution < 1.29 is 13.9 Å². The predicted molar refractivity (Wildman–Crippen MR) is 110 cm³/mol. The molecule has 2 aromatic carbocycles. The fourth-order valence-corrected chi connectivity index (χ4v) is 3.62. The van der Waals surface area contributed by atoms with Gasteiger partial charge in [0.05, 0.1) is 24.1 Å². The third-order valence-corrected chi connectivity index (χ3v) is 5.07. The van der Waals surface area contributed by atoms with Crippen LogP contribution in [0.2, 0.25) is 0 Å². The monoisotopic (exact) mass is 408 g/mol. The van der Waals surface area contributed by atoms with Gasteiger partial charge in [-0.15, -0.1) is 11.3 Å². The van der Waals surface area contributed by atoms with Crippen molar-refractivity contribution in [3.05, 3.63) is 77.1 Å². The maximum atomic E-state index is 13.9. The summed E-state index contributed by atoms with van der Waals surface area (Å²) in [6.07, 6.45) is 0. The molecule has 2 aromatic heterocycles. The first kappa shape index (κ1) is 18.8. The van der Waals surface area contributed by atoms with Gasteiger partial charge in [0, 0.05) is 17.0 Å². The van der Waals surface area contributed by atoms with Crippen molar-refractivity contribution >= 4 is 23.1 Å². The Labute approximate surface area is 170 Å². The van der Waals surface area contributed by atoms with Crippen LogP contribution >= 0.6 is 11.3 Å². The number of hydrogen-bond donors (Lipinski definition) is 1. The van der Waals surface area contributed by atoms with Crippen LogP contribution in [0, 0.1) is 12.7 Å². The molecule has 1 N–H and O–H groups in total. The maximum Gasteiger partial charge on any atom is 0.259 e. The fraction of sp³-hybridized carbons (Fsp3) is 0.0952. The molecular formula is C21H17FN4O2S. The first-order valence-electron chi connectivity index (χ1n) is 8.78. The van der Waals surface area contributed by atoms with E-state index < -0.39 is 11.7 Å². The predicted octanol–water partition coefficient (Wildman–Crippen LogP) is 4.70. The van der Waals surface area contributed by atoms with Gasteiger partial charge in [-0.05, 0) is 43.3 Å². The number of anilines is 1. The van der Waals surface area contributed by atoms with Crippen LogP contribution < -0.4 is 10.1 Å². The van der Waals surface area contributed by atoms with Crippen LogP contribution in [0.4, 0.5) is 10.2 Å². The van der Waals surface area contributed by atoms with E-state index in [9.17, 15) is 9.18 Å². The second-order valence-corrected chi connectivity index (χ2v) is 7.10. The highest BCUT2D eigenvalue weighted by Gasteiger charge is 2.17. The SMILES string of the molecule is COc1ccc(-c2csc(-n3nc(C)cc3NC(=O)c3ccccc3F)n2)cc1. The summed E-state index contributed by atoms with van der Waals surface area (Å²) in [7, 11) is 1.62. The highest BCUT2D eigenvalue weighted by molar-refractivity contribution is 7.12. The molecule has 0 radical (unpaired) electrons. The number of aromatic nitrogens is 3. The number of carbonyl (C=O) groups is 1. The summed E-state index contributed by atoms with van der Waals surface area (Å²) in [4.78, 5) is 17.1. The molecule has 2 heterocycles. The lowest BCUT2D eigenvalue weighted by molar-refractivity contribution is 0.102. The molecule has 0 aliphatic heterocycles. The van der Waals surface area contributed by atoms with Crippen LogP contribution in [0.15, 0.2) is 60.0 Å². The molecule has 0 spiro atoms. The molecule has 0 aliphatic rings. The molecule has 1 amide bonds. The van der Waals surface area contributed by atoms with Gasteiger partial charge < -0.3 is 10.1 Å². The normalized spacial score (nSPS) is 10.7. The number of carbonyl (C=O) groups excluding carboxylic acids is 1. The minimum Gasteiger partial charge on any atom is -0.497 e. The minimum atomic E-state index is -0.580. The van der Waals surface area contributed by atoms with Crippen LogP contribution in [0.1, 0.15) is 16.1 Å². The summed E-state index contributed by atoms with van der Waals surface area (Å²) >= 11 is 1.39. The van der Waals surface area contributed by atoms with Crippen LogP contribution in [0.5, 0.6) is 5.75 Å². The van der Waals surface area contributed by atoms with E-state index in [2.05, 4.69) is 15.4 Å². The lowest BCUT2D eigenvalue weighted by Crippen LogP contribution is -2.16. The minimum absolute atomic E-state index is 0.0315. The molecule has 4 aromatic rings. The zero-order chi connectivity index (χ0) is 20.4. The fourth-order valence-electron chi connectivity index (χ4n) is 2.82. The number of nitrogens with zero attached hydrogens (tertiary/aromatic N) is 3. The van der Waals surface area contributed by atoms with Gasteiger partial charge in [0.1, 0.15) is 17.4 Å². The average Bonchev–Trinajstić information content (AvgIpc) is 3.35. The number of rotatable bonds is 5. The van der Waals surface area contributed by atoms with E-state index in [1.807, 2.05) is 36.6 Å². The van der Waals surface area contributed by atoms with Crippen molar-refractivity contribution in [3.63, 3.8) is 0 Å². The quantitative estimate of drug-likeness (QED) is 0.520. The number of hydrogen-bond acceptors (Lipinski definition) is 5. The zero-order valence-corrected chi connectivity index (χ0v) is 16.5. The van der Waals surface area contributed by atoms with E-state index in [1.54, 1.807) is 23.9 Å². The third kappa shape index (κ3) is 3.88. The van der Waals surface area contributed by atoms with Gasteiger partial charge in [0.2, 0.25) is 5.13 Å². The van der Waals surface area contributed by atoms with Crippen LogP contribution in [-0.4, -0.2) is 27.8 Å². The molecule has 0 saturated carbocycles. The number of benzene rings is 2. The first-order valence-corrected chi connectivity index (χ1v) is 9.66. The van der Waals surface area contributed by atoms with Crippen molar-refractivity contribution in [2.45, 2.75) is 6.92 Å². The number of ether oxygens (including phenoxy) is 1. The summed E-state index contributed by atoms with van der Waals surface area (Å²) < 4.78 is 20.6. The standard InChI is InChI=1S/C21H17FN4O2S/c1-13-11-19(24-20(27)16-5-3-4-6-17(16)22)26(25-13)21-23-18(12-29-21)14-7-9-15(28-2)10-8-14/h3-12H,1-2H3,(H,24,27). The van der Waals surface area contributed by atoms with E-state index >= 15 is 0 Å². The molecular weight excluding hydrogens is 391 g/mol. The molecule has 29 heavy (non-hydrogen) atoms.